The summed E-state index contributed by atoms with van der Waals surface area (Å²) < 4.78 is 0. The number of carboxylic acids is 1. The Morgan fingerprint density at radius 1 is 0.692 bits per heavy atom. The first-order valence-electron chi connectivity index (χ1n) is 20.4. The lowest BCUT2D eigenvalue weighted by Gasteiger charge is -2.30. The van der Waals surface area contributed by atoms with Crippen molar-refractivity contribution in [3.8, 4) is 0 Å². The SMILES string of the molecule is CC(C)[C@H](NC(=O)[C@@H]1CCCN1C(=O)[C@H](CO)NC(=O)CNC(=O)[C@H](CO)NC(=O)[C@H](CC(N)=O)NC(=O)CNC(=O)CNC(=O)[C@@H](N)[C@@H](C)O)C(=O)N[C@@H](Cc1ccccc1)C(=O)O. The Morgan fingerprint density at radius 2 is 1.25 bits per heavy atom. The Bertz CT molecular complexity index is 1880. The van der Waals surface area contributed by atoms with Gasteiger partial charge in [0.2, 0.25) is 59.1 Å². The third-order valence-electron chi connectivity index (χ3n) is 9.79. The van der Waals surface area contributed by atoms with Gasteiger partial charge in [-0.25, -0.2) is 4.79 Å². The second-order valence-corrected chi connectivity index (χ2v) is 15.3. The number of likely N-dealkylation sites (tertiary alicyclic amines) is 1. The molecule has 0 aliphatic carbocycles. The van der Waals surface area contributed by atoms with Crippen LogP contribution in [-0.4, -0.2) is 178 Å². The summed E-state index contributed by atoms with van der Waals surface area (Å²) in [6.07, 6.45) is -1.55. The number of nitrogens with two attached hydrogens (primary N) is 2. The fraction of sp³-hybridized carbons (Fsp3) is 0.564. The number of amides is 10. The van der Waals surface area contributed by atoms with Gasteiger partial charge >= 0.3 is 5.97 Å². The average molecular weight is 922 g/mol. The fourth-order valence-electron chi connectivity index (χ4n) is 6.19. The van der Waals surface area contributed by atoms with Crippen LogP contribution >= 0.6 is 0 Å². The van der Waals surface area contributed by atoms with Gasteiger partial charge in [0.1, 0.15) is 42.3 Å². The number of carboxylic acid groups (broad SMARTS) is 1. The topological polar surface area (TPSA) is 420 Å². The van der Waals surface area contributed by atoms with E-state index in [0.717, 1.165) is 4.90 Å². The van der Waals surface area contributed by atoms with Crippen LogP contribution in [0.1, 0.15) is 45.6 Å². The highest BCUT2D eigenvalue weighted by Crippen LogP contribution is 2.20. The highest BCUT2D eigenvalue weighted by molar-refractivity contribution is 5.98. The van der Waals surface area contributed by atoms with Crippen molar-refractivity contribution in [3.63, 3.8) is 0 Å². The third kappa shape index (κ3) is 18.1. The lowest BCUT2D eigenvalue weighted by atomic mass is 10.0. The van der Waals surface area contributed by atoms with Crippen LogP contribution in [0.25, 0.3) is 0 Å². The summed E-state index contributed by atoms with van der Waals surface area (Å²) in [4.78, 5) is 140. The maximum absolute atomic E-state index is 13.5. The monoisotopic (exact) mass is 921 g/mol. The summed E-state index contributed by atoms with van der Waals surface area (Å²) >= 11 is 0. The number of rotatable bonds is 26. The molecule has 26 nitrogen and oxygen atoms in total. The molecule has 0 radical (unpaired) electrons. The smallest absolute Gasteiger partial charge is 0.326 e. The van der Waals surface area contributed by atoms with Gasteiger partial charge in [0.15, 0.2) is 0 Å². The maximum atomic E-state index is 13.5. The predicted octanol–water partition coefficient (Wildman–Crippen LogP) is -7.70. The highest BCUT2D eigenvalue weighted by atomic mass is 16.4. The second kappa shape index (κ2) is 26.8. The van der Waals surface area contributed by atoms with Crippen molar-refractivity contribution in [1.29, 1.82) is 0 Å². The van der Waals surface area contributed by atoms with E-state index in [1.165, 1.54) is 6.92 Å². The van der Waals surface area contributed by atoms with Crippen molar-refractivity contribution in [3.05, 3.63) is 35.9 Å². The van der Waals surface area contributed by atoms with E-state index in [1.54, 1.807) is 44.2 Å². The maximum Gasteiger partial charge on any atom is 0.326 e. The number of nitrogens with zero attached hydrogens (tertiary/aromatic N) is 1. The molecule has 0 spiro atoms. The lowest BCUT2D eigenvalue weighted by molar-refractivity contribution is -0.144. The number of aliphatic carboxylic acids is 1. The molecule has 1 aliphatic heterocycles. The molecule has 360 valence electrons. The van der Waals surface area contributed by atoms with Crippen LogP contribution < -0.4 is 54.0 Å². The molecular formula is C39H59N11O15. The average Bonchev–Trinajstić information content (AvgIpc) is 3.76. The summed E-state index contributed by atoms with van der Waals surface area (Å²) in [5.74, 6) is -11.4. The summed E-state index contributed by atoms with van der Waals surface area (Å²) in [6, 6.07) is -1.50. The Kier molecular flexibility index (Phi) is 22.4. The summed E-state index contributed by atoms with van der Waals surface area (Å²) in [7, 11) is 0. The van der Waals surface area contributed by atoms with E-state index in [2.05, 4.69) is 42.5 Å². The summed E-state index contributed by atoms with van der Waals surface area (Å²) in [5.41, 5.74) is 11.3. The van der Waals surface area contributed by atoms with Crippen LogP contribution in [0.2, 0.25) is 0 Å². The summed E-state index contributed by atoms with van der Waals surface area (Å²) in [6.45, 7) is 0.289. The molecule has 0 unspecified atom stereocenters. The molecule has 1 aromatic rings. The van der Waals surface area contributed by atoms with Crippen LogP contribution in [-0.2, 0) is 59.2 Å². The van der Waals surface area contributed by atoms with Crippen LogP contribution in [0.15, 0.2) is 30.3 Å². The zero-order valence-electron chi connectivity index (χ0n) is 36.0. The van der Waals surface area contributed by atoms with Crippen LogP contribution in [0.4, 0.5) is 0 Å². The molecule has 8 atom stereocenters. The Labute approximate surface area is 372 Å². The van der Waals surface area contributed by atoms with Crippen molar-refractivity contribution < 1.29 is 73.2 Å². The van der Waals surface area contributed by atoms with Crippen LogP contribution in [0.5, 0.6) is 0 Å². The van der Waals surface area contributed by atoms with Crippen molar-refractivity contribution in [2.45, 2.75) is 94.9 Å². The second-order valence-electron chi connectivity index (χ2n) is 15.3. The largest absolute Gasteiger partial charge is 0.480 e. The molecule has 0 aromatic heterocycles. The number of hydrogen-bond acceptors (Lipinski definition) is 15. The molecule has 65 heavy (non-hydrogen) atoms. The Morgan fingerprint density at radius 3 is 1.80 bits per heavy atom. The van der Waals surface area contributed by atoms with Gasteiger partial charge < -0.3 is 79.3 Å². The number of primary amides is 1. The van der Waals surface area contributed by atoms with Crippen LogP contribution in [0, 0.1) is 5.92 Å². The summed E-state index contributed by atoms with van der Waals surface area (Å²) in [5, 5.41) is 56.8. The zero-order chi connectivity index (χ0) is 49.0. The van der Waals surface area contributed by atoms with Gasteiger partial charge in [-0.15, -0.1) is 0 Å². The van der Waals surface area contributed by atoms with E-state index in [9.17, 15) is 73.2 Å². The fourth-order valence-corrected chi connectivity index (χ4v) is 6.19. The van der Waals surface area contributed by atoms with Gasteiger partial charge in [0.25, 0.3) is 0 Å². The van der Waals surface area contributed by atoms with Crippen molar-refractivity contribution >= 4 is 65.0 Å². The molecule has 0 saturated carbocycles. The third-order valence-corrected chi connectivity index (χ3v) is 9.79. The van der Waals surface area contributed by atoms with E-state index < -0.39 is 159 Å². The molecule has 1 saturated heterocycles. The van der Waals surface area contributed by atoms with Gasteiger partial charge in [-0.2, -0.15) is 0 Å². The minimum atomic E-state index is -1.77. The number of carbonyl (C=O) groups excluding carboxylic acids is 10. The van der Waals surface area contributed by atoms with Gasteiger partial charge in [-0.3, -0.25) is 47.9 Å². The lowest BCUT2D eigenvalue weighted by Crippen LogP contribution is -2.59. The highest BCUT2D eigenvalue weighted by Gasteiger charge is 2.40. The van der Waals surface area contributed by atoms with Gasteiger partial charge in [0.05, 0.1) is 45.4 Å². The first-order valence-corrected chi connectivity index (χ1v) is 20.4. The van der Waals surface area contributed by atoms with E-state index in [1.807, 2.05) is 0 Å². The van der Waals surface area contributed by atoms with Crippen molar-refractivity contribution in [2.75, 3.05) is 39.4 Å². The van der Waals surface area contributed by atoms with E-state index >= 15 is 0 Å². The van der Waals surface area contributed by atoms with Gasteiger partial charge in [-0.05, 0) is 31.2 Å². The molecule has 1 heterocycles. The standard InChI is InChI=1S/C39H59N11O15/c1-19(2)32(37(62)47-23(39(64)65)12-21-8-5-4-6-9-21)49-35(60)26-10-7-11-50(26)38(63)25(18-52)46-30(57)16-43-33(58)24(17-51)48-34(59)22(13-27(40)54)45-29(56)15-42-28(55)14-44-36(61)31(41)20(3)53/h4-6,8-9,19-20,22-26,31-32,51-53H,7,10-18,41H2,1-3H3,(H2,40,54)(H,42,55)(H,43,58)(H,44,61)(H,45,56)(H,46,57)(H,47,62)(H,48,59)(H,49,60)(H,64,65)/t20-,22+,23+,24+,25+,26+,31+,32+/m1/s1. The number of nitrogens with one attached hydrogen (secondary N) is 8. The minimum Gasteiger partial charge on any atom is -0.480 e. The molecule has 1 aliphatic rings. The number of aliphatic hydroxyl groups is 3. The normalized spacial score (nSPS) is 16.5. The predicted molar refractivity (Wildman–Crippen MR) is 224 cm³/mol. The Balaban J connectivity index is 1.97. The number of hydrogen-bond donors (Lipinski definition) is 14. The number of benzene rings is 1. The van der Waals surface area contributed by atoms with E-state index in [4.69, 9.17) is 11.5 Å². The van der Waals surface area contributed by atoms with Gasteiger partial charge in [0, 0.05) is 13.0 Å². The zero-order valence-corrected chi connectivity index (χ0v) is 36.0. The van der Waals surface area contributed by atoms with Crippen LogP contribution in [0.3, 0.4) is 0 Å². The molecule has 0 bridgehead atoms. The van der Waals surface area contributed by atoms with Crippen molar-refractivity contribution in [1.82, 2.24) is 47.4 Å². The molecule has 16 N–H and O–H groups in total. The molecule has 26 heteroatoms. The van der Waals surface area contributed by atoms with E-state index in [-0.39, 0.29) is 19.4 Å². The molecule has 10 amide bonds. The Hall–Kier alpha value is -6.77. The van der Waals surface area contributed by atoms with Crippen molar-refractivity contribution in [2.24, 2.45) is 17.4 Å². The number of aliphatic hydroxyl groups excluding tert-OH is 3. The first-order chi connectivity index (χ1) is 30.6. The molecule has 2 rings (SSSR count). The van der Waals surface area contributed by atoms with Gasteiger partial charge in [-0.1, -0.05) is 44.2 Å². The molecular weight excluding hydrogens is 862 g/mol. The van der Waals surface area contributed by atoms with E-state index in [0.29, 0.717) is 12.0 Å². The first kappa shape index (κ1) is 54.4. The minimum absolute atomic E-state index is 0.0241. The molecule has 1 aromatic carbocycles. The number of carbonyl (C=O) groups is 11. The quantitative estimate of drug-likeness (QED) is 0.0410. The molecule has 1 fully saturated rings.